The first-order valence-corrected chi connectivity index (χ1v) is 9.14. The van der Waals surface area contributed by atoms with Crippen LogP contribution < -0.4 is 0 Å². The van der Waals surface area contributed by atoms with Gasteiger partial charge in [0.15, 0.2) is 6.61 Å². The first-order valence-electron chi connectivity index (χ1n) is 8.15. The normalized spacial score (nSPS) is 20.2. The van der Waals surface area contributed by atoms with E-state index in [-0.39, 0.29) is 24.0 Å². The summed E-state index contributed by atoms with van der Waals surface area (Å²) in [5, 5.41) is 10.6. The average molecular weight is 366 g/mol. The maximum Gasteiger partial charge on any atom is 0.316 e. The summed E-state index contributed by atoms with van der Waals surface area (Å²) in [7, 11) is 0. The Kier molecular flexibility index (Phi) is 6.81. The Morgan fingerprint density at radius 3 is 2.40 bits per heavy atom. The van der Waals surface area contributed by atoms with Crippen molar-refractivity contribution in [2.75, 3.05) is 25.4 Å². The Labute approximate surface area is 150 Å². The second-order valence-corrected chi connectivity index (χ2v) is 7.49. The Morgan fingerprint density at radius 2 is 1.84 bits per heavy atom. The van der Waals surface area contributed by atoms with E-state index in [9.17, 15) is 19.7 Å². The Hall–Kier alpha value is -2.09. The molecule has 1 aromatic rings. The SMILES string of the molecule is C[C@@H]1C[C@H](C)CN(C(=O)COC(=O)CSc2ccc([N+](=O)[O-])cc2)C1. The lowest BCUT2D eigenvalue weighted by atomic mass is 9.92. The van der Waals surface area contributed by atoms with Crippen molar-refractivity contribution < 1.29 is 19.2 Å². The van der Waals surface area contributed by atoms with E-state index in [4.69, 9.17) is 4.74 Å². The molecule has 0 spiro atoms. The zero-order valence-corrected chi connectivity index (χ0v) is 15.2. The highest BCUT2D eigenvalue weighted by Crippen LogP contribution is 2.22. The van der Waals surface area contributed by atoms with Crippen LogP contribution in [0, 0.1) is 22.0 Å². The number of non-ortho nitro benzene ring substituents is 1. The number of amides is 1. The third kappa shape index (κ3) is 6.04. The minimum absolute atomic E-state index is 0.00233. The molecule has 136 valence electrons. The predicted molar refractivity (Wildman–Crippen MR) is 94.3 cm³/mol. The van der Waals surface area contributed by atoms with Gasteiger partial charge in [-0.15, -0.1) is 11.8 Å². The van der Waals surface area contributed by atoms with Gasteiger partial charge < -0.3 is 9.64 Å². The van der Waals surface area contributed by atoms with Gasteiger partial charge in [0.2, 0.25) is 0 Å². The zero-order chi connectivity index (χ0) is 18.4. The molecule has 1 aliphatic heterocycles. The molecule has 0 unspecified atom stereocenters. The molecule has 2 rings (SSSR count). The lowest BCUT2D eigenvalue weighted by Gasteiger charge is -2.34. The number of piperidine rings is 1. The zero-order valence-electron chi connectivity index (χ0n) is 14.3. The molecule has 0 saturated carbocycles. The van der Waals surface area contributed by atoms with Crippen LogP contribution in [0.4, 0.5) is 5.69 Å². The topological polar surface area (TPSA) is 89.8 Å². The minimum Gasteiger partial charge on any atom is -0.455 e. The van der Waals surface area contributed by atoms with Gasteiger partial charge in [0.25, 0.3) is 11.6 Å². The van der Waals surface area contributed by atoms with Crippen LogP contribution in [0.15, 0.2) is 29.2 Å². The van der Waals surface area contributed by atoms with E-state index in [1.165, 1.54) is 23.9 Å². The van der Waals surface area contributed by atoms with Gasteiger partial charge in [0.05, 0.1) is 10.7 Å². The van der Waals surface area contributed by atoms with Crippen LogP contribution in [0.1, 0.15) is 20.3 Å². The number of carbonyl (C=O) groups is 2. The summed E-state index contributed by atoms with van der Waals surface area (Å²) in [4.78, 5) is 36.5. The molecule has 1 aliphatic rings. The summed E-state index contributed by atoms with van der Waals surface area (Å²) in [5.41, 5.74) is 0.00233. The maximum atomic E-state index is 12.1. The predicted octanol–water partition coefficient (Wildman–Crippen LogP) is 2.73. The van der Waals surface area contributed by atoms with Crippen LogP contribution in [0.25, 0.3) is 0 Å². The average Bonchev–Trinajstić information content (AvgIpc) is 2.57. The largest absolute Gasteiger partial charge is 0.455 e. The fraction of sp³-hybridized carbons (Fsp3) is 0.529. The number of ether oxygens (including phenoxy) is 1. The standard InChI is InChI=1S/C17H22N2O5S/c1-12-7-13(2)9-18(8-12)16(20)10-24-17(21)11-25-15-5-3-14(4-6-15)19(22)23/h3-6,12-13H,7-11H2,1-2H3/t12-,13+. The van der Waals surface area contributed by atoms with E-state index in [2.05, 4.69) is 13.8 Å². The molecule has 1 aromatic carbocycles. The highest BCUT2D eigenvalue weighted by Gasteiger charge is 2.25. The summed E-state index contributed by atoms with van der Waals surface area (Å²) in [6.45, 7) is 5.40. The molecule has 25 heavy (non-hydrogen) atoms. The monoisotopic (exact) mass is 366 g/mol. The van der Waals surface area contributed by atoms with E-state index in [1.807, 2.05) is 0 Å². The summed E-state index contributed by atoms with van der Waals surface area (Å²) in [6.07, 6.45) is 1.11. The van der Waals surface area contributed by atoms with Gasteiger partial charge in [0, 0.05) is 30.1 Å². The van der Waals surface area contributed by atoms with Crippen LogP contribution >= 0.6 is 11.8 Å². The fourth-order valence-corrected chi connectivity index (χ4v) is 3.64. The smallest absolute Gasteiger partial charge is 0.316 e. The van der Waals surface area contributed by atoms with Gasteiger partial charge in [-0.3, -0.25) is 19.7 Å². The summed E-state index contributed by atoms with van der Waals surface area (Å²) in [6, 6.07) is 5.93. The molecule has 1 amide bonds. The lowest BCUT2D eigenvalue weighted by Crippen LogP contribution is -2.44. The Balaban J connectivity index is 1.73. The Bertz CT molecular complexity index is 624. The molecule has 8 heteroatoms. The summed E-state index contributed by atoms with van der Waals surface area (Å²) in [5.74, 6) is 0.335. The van der Waals surface area contributed by atoms with Gasteiger partial charge in [-0.1, -0.05) is 13.8 Å². The highest BCUT2D eigenvalue weighted by atomic mass is 32.2. The number of carbonyl (C=O) groups excluding carboxylic acids is 2. The molecule has 7 nitrogen and oxygen atoms in total. The van der Waals surface area contributed by atoms with Crippen molar-refractivity contribution in [2.45, 2.75) is 25.2 Å². The molecule has 1 saturated heterocycles. The molecule has 0 aliphatic carbocycles. The van der Waals surface area contributed by atoms with Crippen LogP contribution in [-0.4, -0.2) is 47.1 Å². The van der Waals surface area contributed by atoms with Crippen molar-refractivity contribution in [1.29, 1.82) is 0 Å². The number of hydrogen-bond donors (Lipinski definition) is 0. The third-order valence-corrected chi connectivity index (χ3v) is 4.97. The number of likely N-dealkylation sites (tertiary alicyclic amines) is 1. The quantitative estimate of drug-likeness (QED) is 0.333. The number of benzene rings is 1. The van der Waals surface area contributed by atoms with Crippen LogP contribution in [0.2, 0.25) is 0 Å². The number of nitro groups is 1. The molecule has 1 fully saturated rings. The van der Waals surface area contributed by atoms with E-state index in [0.29, 0.717) is 24.9 Å². The molecular weight excluding hydrogens is 344 g/mol. The van der Waals surface area contributed by atoms with E-state index < -0.39 is 10.9 Å². The second kappa shape index (κ2) is 8.84. The maximum absolute atomic E-state index is 12.1. The van der Waals surface area contributed by atoms with Gasteiger partial charge in [0.1, 0.15) is 0 Å². The van der Waals surface area contributed by atoms with Crippen LogP contribution in [0.5, 0.6) is 0 Å². The van der Waals surface area contributed by atoms with Gasteiger partial charge >= 0.3 is 5.97 Å². The van der Waals surface area contributed by atoms with E-state index >= 15 is 0 Å². The van der Waals surface area contributed by atoms with Crippen molar-refractivity contribution in [3.8, 4) is 0 Å². The third-order valence-electron chi connectivity index (χ3n) is 3.98. The van der Waals surface area contributed by atoms with Crippen molar-refractivity contribution in [3.05, 3.63) is 34.4 Å². The molecule has 0 radical (unpaired) electrons. The van der Waals surface area contributed by atoms with Crippen molar-refractivity contribution >= 4 is 29.3 Å². The van der Waals surface area contributed by atoms with Crippen molar-refractivity contribution in [2.24, 2.45) is 11.8 Å². The fourth-order valence-electron chi connectivity index (χ4n) is 2.95. The van der Waals surface area contributed by atoms with E-state index in [1.54, 1.807) is 17.0 Å². The number of nitrogens with zero attached hydrogens (tertiary/aromatic N) is 2. The highest BCUT2D eigenvalue weighted by molar-refractivity contribution is 8.00. The number of hydrogen-bond acceptors (Lipinski definition) is 6. The van der Waals surface area contributed by atoms with Gasteiger partial charge in [-0.25, -0.2) is 0 Å². The second-order valence-electron chi connectivity index (χ2n) is 6.45. The van der Waals surface area contributed by atoms with Gasteiger partial charge in [-0.05, 0) is 30.4 Å². The van der Waals surface area contributed by atoms with Crippen molar-refractivity contribution in [1.82, 2.24) is 4.90 Å². The summed E-state index contributed by atoms with van der Waals surface area (Å²) < 4.78 is 5.05. The molecule has 0 N–H and O–H groups in total. The van der Waals surface area contributed by atoms with Gasteiger partial charge in [-0.2, -0.15) is 0 Å². The molecule has 1 heterocycles. The summed E-state index contributed by atoms with van der Waals surface area (Å²) >= 11 is 1.21. The number of nitro benzene ring substituents is 1. The number of thioether (sulfide) groups is 1. The Morgan fingerprint density at radius 1 is 1.24 bits per heavy atom. The van der Waals surface area contributed by atoms with E-state index in [0.717, 1.165) is 11.3 Å². The first-order chi connectivity index (χ1) is 11.8. The molecule has 0 bridgehead atoms. The number of rotatable bonds is 6. The number of esters is 1. The van der Waals surface area contributed by atoms with Crippen LogP contribution in [0.3, 0.4) is 0 Å². The molecule has 0 aromatic heterocycles. The van der Waals surface area contributed by atoms with Crippen LogP contribution in [-0.2, 0) is 14.3 Å². The van der Waals surface area contributed by atoms with Crippen molar-refractivity contribution in [3.63, 3.8) is 0 Å². The first kappa shape index (κ1) is 19.2. The molecular formula is C17H22N2O5S. The molecule has 2 atom stereocenters. The minimum atomic E-state index is -0.477. The lowest BCUT2D eigenvalue weighted by molar-refractivity contribution is -0.384.